The Hall–Kier alpha value is -0.130. The Morgan fingerprint density at radius 3 is 2.12 bits per heavy atom. The predicted molar refractivity (Wildman–Crippen MR) is 66.7 cm³/mol. The second kappa shape index (κ2) is 5.02. The maximum atomic E-state index is 12.3. The molecule has 0 unspecified atom stereocenters. The second-order valence-corrected chi connectivity index (χ2v) is 7.31. The fraction of sp³-hybridized carbons (Fsp3) is 1.00. The Morgan fingerprint density at radius 2 is 1.81 bits per heavy atom. The Balaban J connectivity index is 3.06. The van der Waals surface area contributed by atoms with E-state index < -0.39 is 10.0 Å². The van der Waals surface area contributed by atoms with Crippen LogP contribution in [0.5, 0.6) is 0 Å². The van der Waals surface area contributed by atoms with E-state index in [0.717, 1.165) is 25.7 Å². The first-order chi connectivity index (χ1) is 7.40. The zero-order valence-electron chi connectivity index (χ0n) is 10.6. The molecule has 0 aliphatic heterocycles. The smallest absolute Gasteiger partial charge is 0.216 e. The van der Waals surface area contributed by atoms with E-state index in [2.05, 4.69) is 0 Å². The fourth-order valence-corrected chi connectivity index (χ4v) is 4.29. The molecule has 4 nitrogen and oxygen atoms in total. The summed E-state index contributed by atoms with van der Waals surface area (Å²) in [5, 5.41) is -0.364. The molecule has 0 atom stereocenters. The summed E-state index contributed by atoms with van der Waals surface area (Å²) in [5.41, 5.74) is 5.53. The van der Waals surface area contributed by atoms with Crippen LogP contribution in [0.3, 0.4) is 0 Å². The van der Waals surface area contributed by atoms with Gasteiger partial charge in [-0.2, -0.15) is 4.31 Å². The molecule has 0 saturated heterocycles. The van der Waals surface area contributed by atoms with Crippen molar-refractivity contribution in [3.63, 3.8) is 0 Å². The summed E-state index contributed by atoms with van der Waals surface area (Å²) in [6.07, 6.45) is 3.98. The molecule has 0 aromatic carbocycles. The molecule has 0 heterocycles. The summed E-state index contributed by atoms with van der Waals surface area (Å²) in [5.74, 6) is 0. The Morgan fingerprint density at radius 1 is 1.31 bits per heavy atom. The minimum atomic E-state index is -3.19. The molecule has 0 spiro atoms. The van der Waals surface area contributed by atoms with Crippen molar-refractivity contribution in [2.75, 3.05) is 13.1 Å². The molecule has 5 heteroatoms. The van der Waals surface area contributed by atoms with Gasteiger partial charge in [0.2, 0.25) is 10.0 Å². The molecule has 0 aromatic heterocycles. The Bertz CT molecular complexity index is 319. The number of sulfonamides is 1. The molecule has 0 amide bonds. The van der Waals surface area contributed by atoms with Crippen molar-refractivity contribution in [1.82, 2.24) is 4.31 Å². The minimum absolute atomic E-state index is 0.308. The minimum Gasteiger partial charge on any atom is -0.329 e. The number of rotatable bonds is 5. The summed E-state index contributed by atoms with van der Waals surface area (Å²) in [6, 6.07) is 0. The number of hydrogen-bond acceptors (Lipinski definition) is 3. The van der Waals surface area contributed by atoms with E-state index in [1.807, 2.05) is 6.92 Å². The van der Waals surface area contributed by atoms with Crippen LogP contribution >= 0.6 is 0 Å². The Kier molecular flexibility index (Phi) is 4.37. The first-order valence-electron chi connectivity index (χ1n) is 6.12. The van der Waals surface area contributed by atoms with Crippen LogP contribution < -0.4 is 5.73 Å². The highest BCUT2D eigenvalue weighted by Crippen LogP contribution is 2.36. The van der Waals surface area contributed by atoms with Crippen molar-refractivity contribution < 1.29 is 8.42 Å². The van der Waals surface area contributed by atoms with Gasteiger partial charge < -0.3 is 5.73 Å². The molecule has 16 heavy (non-hydrogen) atoms. The molecular formula is C11H24N2O2S. The summed E-state index contributed by atoms with van der Waals surface area (Å²) >= 11 is 0. The average molecular weight is 248 g/mol. The lowest BCUT2D eigenvalue weighted by Crippen LogP contribution is -2.56. The maximum Gasteiger partial charge on any atom is 0.216 e. The largest absolute Gasteiger partial charge is 0.329 e. The van der Waals surface area contributed by atoms with Crippen LogP contribution in [0.15, 0.2) is 0 Å². The molecule has 0 radical (unpaired) electrons. The van der Waals surface area contributed by atoms with Gasteiger partial charge in [0.25, 0.3) is 0 Å². The monoisotopic (exact) mass is 248 g/mol. The lowest BCUT2D eigenvalue weighted by Gasteiger charge is -2.39. The van der Waals surface area contributed by atoms with Gasteiger partial charge in [-0.15, -0.1) is 0 Å². The molecule has 1 rings (SSSR count). The first kappa shape index (κ1) is 13.9. The van der Waals surface area contributed by atoms with Crippen LogP contribution in [0.1, 0.15) is 46.5 Å². The highest BCUT2D eigenvalue weighted by atomic mass is 32.2. The quantitative estimate of drug-likeness (QED) is 0.798. The molecule has 1 aliphatic carbocycles. The molecule has 0 aromatic rings. The molecule has 0 bridgehead atoms. The van der Waals surface area contributed by atoms with Gasteiger partial charge in [0.1, 0.15) is 0 Å². The first-order valence-corrected chi connectivity index (χ1v) is 7.63. The van der Waals surface area contributed by atoms with E-state index in [0.29, 0.717) is 13.1 Å². The summed E-state index contributed by atoms with van der Waals surface area (Å²) < 4.78 is 26.2. The fourth-order valence-electron chi connectivity index (χ4n) is 2.63. The van der Waals surface area contributed by atoms with Crippen molar-refractivity contribution in [1.29, 1.82) is 0 Å². The van der Waals surface area contributed by atoms with Crippen LogP contribution in [0.4, 0.5) is 0 Å². The van der Waals surface area contributed by atoms with Crippen LogP contribution in [0.2, 0.25) is 0 Å². The van der Waals surface area contributed by atoms with Crippen molar-refractivity contribution in [3.8, 4) is 0 Å². The van der Waals surface area contributed by atoms with E-state index in [-0.39, 0.29) is 10.8 Å². The number of nitrogens with two attached hydrogens (primary N) is 1. The van der Waals surface area contributed by atoms with Gasteiger partial charge in [-0.1, -0.05) is 19.8 Å². The lowest BCUT2D eigenvalue weighted by molar-refractivity contribution is 0.203. The van der Waals surface area contributed by atoms with Gasteiger partial charge in [-0.25, -0.2) is 8.42 Å². The third kappa shape index (κ3) is 2.26. The SMILES string of the molecule is CCN(C1(CN)CCCC1)S(=O)(=O)C(C)C. The zero-order chi connectivity index (χ0) is 12.4. The van der Waals surface area contributed by atoms with Crippen molar-refractivity contribution in [2.45, 2.75) is 57.2 Å². The van der Waals surface area contributed by atoms with Crippen LogP contribution in [-0.4, -0.2) is 36.6 Å². The second-order valence-electron chi connectivity index (χ2n) is 4.89. The summed E-state index contributed by atoms with van der Waals surface area (Å²) in [7, 11) is -3.19. The van der Waals surface area contributed by atoms with Crippen LogP contribution in [0, 0.1) is 0 Å². The molecule has 1 fully saturated rings. The van der Waals surface area contributed by atoms with Crippen molar-refractivity contribution in [2.24, 2.45) is 5.73 Å². The normalized spacial score (nSPS) is 20.9. The third-order valence-corrected chi connectivity index (χ3v) is 6.08. The lowest BCUT2D eigenvalue weighted by atomic mass is 9.98. The predicted octanol–water partition coefficient (Wildman–Crippen LogP) is 1.32. The van der Waals surface area contributed by atoms with Gasteiger partial charge in [-0.3, -0.25) is 0 Å². The van der Waals surface area contributed by atoms with Crippen molar-refractivity contribution >= 4 is 10.0 Å². The molecule has 1 aliphatic rings. The molecular weight excluding hydrogens is 224 g/mol. The average Bonchev–Trinajstić information content (AvgIpc) is 2.68. The van der Waals surface area contributed by atoms with Crippen LogP contribution in [-0.2, 0) is 10.0 Å². The third-order valence-electron chi connectivity index (χ3n) is 3.63. The standard InChI is InChI=1S/C11H24N2O2S/c1-4-13(16(14,15)10(2)3)11(9-12)7-5-6-8-11/h10H,4-9,12H2,1-3H3. The Labute approximate surface area is 99.2 Å². The van der Waals surface area contributed by atoms with E-state index in [1.54, 1.807) is 18.2 Å². The number of likely N-dealkylation sites (N-methyl/N-ethyl adjacent to an activating group) is 1. The molecule has 2 N–H and O–H groups in total. The highest BCUT2D eigenvalue weighted by molar-refractivity contribution is 7.89. The number of nitrogens with zero attached hydrogens (tertiary/aromatic N) is 1. The van der Waals surface area contributed by atoms with E-state index in [9.17, 15) is 8.42 Å². The van der Waals surface area contributed by atoms with Gasteiger partial charge >= 0.3 is 0 Å². The van der Waals surface area contributed by atoms with E-state index >= 15 is 0 Å². The summed E-state index contributed by atoms with van der Waals surface area (Å²) in [4.78, 5) is 0. The van der Waals surface area contributed by atoms with Crippen LogP contribution in [0.25, 0.3) is 0 Å². The summed E-state index contributed by atoms with van der Waals surface area (Å²) in [6.45, 7) is 6.33. The zero-order valence-corrected chi connectivity index (χ0v) is 11.4. The topological polar surface area (TPSA) is 63.4 Å². The van der Waals surface area contributed by atoms with Gasteiger partial charge in [0, 0.05) is 18.6 Å². The van der Waals surface area contributed by atoms with Gasteiger partial charge in [-0.05, 0) is 26.7 Å². The van der Waals surface area contributed by atoms with Gasteiger partial charge in [0.15, 0.2) is 0 Å². The number of hydrogen-bond donors (Lipinski definition) is 1. The molecule has 96 valence electrons. The highest BCUT2D eigenvalue weighted by Gasteiger charge is 2.44. The molecule has 1 saturated carbocycles. The maximum absolute atomic E-state index is 12.3. The van der Waals surface area contributed by atoms with Crippen molar-refractivity contribution in [3.05, 3.63) is 0 Å². The van der Waals surface area contributed by atoms with E-state index in [4.69, 9.17) is 5.73 Å². The van der Waals surface area contributed by atoms with E-state index in [1.165, 1.54) is 0 Å². The van der Waals surface area contributed by atoms with Gasteiger partial charge in [0.05, 0.1) is 5.25 Å².